The van der Waals surface area contributed by atoms with Crippen LogP contribution in [0.4, 0.5) is 0 Å². The summed E-state index contributed by atoms with van der Waals surface area (Å²) in [6.45, 7) is 0.675. The predicted molar refractivity (Wildman–Crippen MR) is 54.0 cm³/mol. The largest absolute Gasteiger partial charge is 0.439 e. The summed E-state index contributed by atoms with van der Waals surface area (Å²) in [4.78, 5) is 4.27. The molecule has 0 saturated carbocycles. The second-order valence-electron chi connectivity index (χ2n) is 2.61. The second kappa shape index (κ2) is 4.25. The summed E-state index contributed by atoms with van der Waals surface area (Å²) < 4.78 is 5.43. The molecule has 1 aromatic heterocycles. The topological polar surface area (TPSA) is 38.1 Å². The van der Waals surface area contributed by atoms with Crippen molar-refractivity contribution >= 4 is 23.5 Å². The van der Waals surface area contributed by atoms with Crippen LogP contribution in [0, 0.1) is 0 Å². The number of nitrogens with one attached hydrogen (secondary N) is 1. The highest BCUT2D eigenvalue weighted by Crippen LogP contribution is 2.13. The smallest absolute Gasteiger partial charge is 0.209 e. The first-order valence-corrected chi connectivity index (χ1v) is 3.89. The van der Waals surface area contributed by atoms with Gasteiger partial charge in [-0.2, -0.15) is 0 Å². The lowest BCUT2D eigenvalue weighted by atomic mass is 10.3. The standard InChI is InChI=1S/C9H10N2O.ClH/c1-10-6-9-11-7-4-2-3-5-8(7)12-9;/h2-5,10H,6H2,1H3;1H. The highest BCUT2D eigenvalue weighted by atomic mass is 35.5. The fourth-order valence-corrected chi connectivity index (χ4v) is 1.15. The van der Waals surface area contributed by atoms with E-state index in [1.807, 2.05) is 31.3 Å². The van der Waals surface area contributed by atoms with Crippen LogP contribution in [0.5, 0.6) is 0 Å². The van der Waals surface area contributed by atoms with Gasteiger partial charge in [0.2, 0.25) is 5.89 Å². The summed E-state index contributed by atoms with van der Waals surface area (Å²) in [6.07, 6.45) is 0. The second-order valence-corrected chi connectivity index (χ2v) is 2.61. The van der Waals surface area contributed by atoms with E-state index in [0.29, 0.717) is 6.54 Å². The highest BCUT2D eigenvalue weighted by Gasteiger charge is 2.01. The van der Waals surface area contributed by atoms with Crippen molar-refractivity contribution in [3.8, 4) is 0 Å². The molecule has 0 aliphatic heterocycles. The Morgan fingerprint density at radius 1 is 1.38 bits per heavy atom. The van der Waals surface area contributed by atoms with Gasteiger partial charge in [-0.05, 0) is 19.2 Å². The van der Waals surface area contributed by atoms with Crippen molar-refractivity contribution in [1.82, 2.24) is 10.3 Å². The van der Waals surface area contributed by atoms with Crippen molar-refractivity contribution < 1.29 is 4.42 Å². The van der Waals surface area contributed by atoms with Gasteiger partial charge in [-0.3, -0.25) is 0 Å². The molecule has 0 atom stereocenters. The molecule has 13 heavy (non-hydrogen) atoms. The fraction of sp³-hybridized carbons (Fsp3) is 0.222. The molecule has 3 nitrogen and oxygen atoms in total. The van der Waals surface area contributed by atoms with Crippen molar-refractivity contribution in [1.29, 1.82) is 0 Å². The summed E-state index contributed by atoms with van der Waals surface area (Å²) in [5.74, 6) is 0.735. The maximum Gasteiger partial charge on any atom is 0.209 e. The van der Waals surface area contributed by atoms with Crippen LogP contribution >= 0.6 is 12.4 Å². The van der Waals surface area contributed by atoms with Crippen molar-refractivity contribution in [3.05, 3.63) is 30.2 Å². The first-order chi connectivity index (χ1) is 5.90. The SMILES string of the molecule is CNCc1nc2ccccc2o1.Cl. The zero-order valence-electron chi connectivity index (χ0n) is 7.28. The van der Waals surface area contributed by atoms with E-state index in [9.17, 15) is 0 Å². The van der Waals surface area contributed by atoms with Gasteiger partial charge >= 0.3 is 0 Å². The fourth-order valence-electron chi connectivity index (χ4n) is 1.15. The molecule has 0 unspecified atom stereocenters. The Hall–Kier alpha value is -1.06. The minimum atomic E-state index is 0. The Morgan fingerprint density at radius 3 is 2.85 bits per heavy atom. The summed E-state index contributed by atoms with van der Waals surface area (Å²) >= 11 is 0. The molecule has 2 aromatic rings. The van der Waals surface area contributed by atoms with Gasteiger partial charge in [0.25, 0.3) is 0 Å². The van der Waals surface area contributed by atoms with Gasteiger partial charge in [0.1, 0.15) is 5.52 Å². The molecule has 0 radical (unpaired) electrons. The Morgan fingerprint density at radius 2 is 2.15 bits per heavy atom. The number of halogens is 1. The maximum atomic E-state index is 5.43. The van der Waals surface area contributed by atoms with E-state index in [-0.39, 0.29) is 12.4 Å². The molecular formula is C9H11ClN2O. The lowest BCUT2D eigenvalue weighted by Gasteiger charge is -1.88. The number of nitrogens with zero attached hydrogens (tertiary/aromatic N) is 1. The van der Waals surface area contributed by atoms with Crippen molar-refractivity contribution in [2.24, 2.45) is 0 Å². The molecule has 1 aromatic carbocycles. The Balaban J connectivity index is 0.000000845. The number of benzene rings is 1. The quantitative estimate of drug-likeness (QED) is 0.802. The first-order valence-electron chi connectivity index (χ1n) is 3.89. The van der Waals surface area contributed by atoms with E-state index in [4.69, 9.17) is 4.42 Å². The van der Waals surface area contributed by atoms with Crippen LogP contribution in [0.3, 0.4) is 0 Å². The third kappa shape index (κ3) is 1.99. The van der Waals surface area contributed by atoms with E-state index < -0.39 is 0 Å². The van der Waals surface area contributed by atoms with E-state index in [1.54, 1.807) is 0 Å². The molecule has 0 amide bonds. The Kier molecular flexibility index (Phi) is 3.28. The lowest BCUT2D eigenvalue weighted by molar-refractivity contribution is 0.511. The normalized spacial score (nSPS) is 9.92. The number of rotatable bonds is 2. The number of para-hydroxylation sites is 2. The summed E-state index contributed by atoms with van der Waals surface area (Å²) in [7, 11) is 1.87. The minimum absolute atomic E-state index is 0. The molecule has 0 fully saturated rings. The lowest BCUT2D eigenvalue weighted by Crippen LogP contribution is -2.04. The molecule has 1 N–H and O–H groups in total. The first kappa shape index (κ1) is 10.0. The number of oxazole rings is 1. The number of aromatic nitrogens is 1. The zero-order chi connectivity index (χ0) is 8.39. The molecule has 2 rings (SSSR count). The van der Waals surface area contributed by atoms with E-state index >= 15 is 0 Å². The van der Waals surface area contributed by atoms with Gasteiger partial charge in [-0.25, -0.2) is 4.98 Å². The van der Waals surface area contributed by atoms with Crippen LogP contribution in [0.25, 0.3) is 11.1 Å². The van der Waals surface area contributed by atoms with E-state index in [1.165, 1.54) is 0 Å². The van der Waals surface area contributed by atoms with Gasteiger partial charge in [-0.1, -0.05) is 12.1 Å². The van der Waals surface area contributed by atoms with Crippen LogP contribution in [0.2, 0.25) is 0 Å². The van der Waals surface area contributed by atoms with Gasteiger partial charge in [0, 0.05) is 0 Å². The maximum absolute atomic E-state index is 5.43. The van der Waals surface area contributed by atoms with Crippen LogP contribution in [0.1, 0.15) is 5.89 Å². The van der Waals surface area contributed by atoms with E-state index in [2.05, 4.69) is 10.3 Å². The molecule has 0 spiro atoms. The van der Waals surface area contributed by atoms with Gasteiger partial charge in [0.05, 0.1) is 6.54 Å². The van der Waals surface area contributed by atoms with Crippen molar-refractivity contribution in [2.45, 2.75) is 6.54 Å². The predicted octanol–water partition coefficient (Wildman–Crippen LogP) is 1.97. The Bertz CT molecular complexity index is 353. The molecule has 1 heterocycles. The molecule has 0 bridgehead atoms. The molecule has 70 valence electrons. The molecule has 4 heteroatoms. The van der Waals surface area contributed by atoms with Crippen molar-refractivity contribution in [3.63, 3.8) is 0 Å². The number of hydrogen-bond acceptors (Lipinski definition) is 3. The highest BCUT2D eigenvalue weighted by molar-refractivity contribution is 5.85. The third-order valence-electron chi connectivity index (χ3n) is 1.67. The van der Waals surface area contributed by atoms with Crippen LogP contribution < -0.4 is 5.32 Å². The molecule has 0 aliphatic rings. The summed E-state index contributed by atoms with van der Waals surface area (Å²) in [5, 5.41) is 2.99. The summed E-state index contributed by atoms with van der Waals surface area (Å²) in [5.41, 5.74) is 1.77. The van der Waals surface area contributed by atoms with E-state index in [0.717, 1.165) is 17.0 Å². The van der Waals surface area contributed by atoms with Gasteiger partial charge < -0.3 is 9.73 Å². The third-order valence-corrected chi connectivity index (χ3v) is 1.67. The van der Waals surface area contributed by atoms with Gasteiger partial charge in [-0.15, -0.1) is 12.4 Å². The average molecular weight is 199 g/mol. The van der Waals surface area contributed by atoms with Crippen molar-refractivity contribution in [2.75, 3.05) is 7.05 Å². The average Bonchev–Trinajstić information content (AvgIpc) is 2.47. The minimum Gasteiger partial charge on any atom is -0.439 e. The molecular weight excluding hydrogens is 188 g/mol. The van der Waals surface area contributed by atoms with Crippen LogP contribution in [0.15, 0.2) is 28.7 Å². The number of fused-ring (bicyclic) bond motifs is 1. The van der Waals surface area contributed by atoms with Crippen LogP contribution in [-0.4, -0.2) is 12.0 Å². The summed E-state index contributed by atoms with van der Waals surface area (Å²) in [6, 6.07) is 7.75. The zero-order valence-corrected chi connectivity index (χ0v) is 8.10. The Labute approximate surface area is 82.6 Å². The molecule has 0 aliphatic carbocycles. The van der Waals surface area contributed by atoms with Gasteiger partial charge in [0.15, 0.2) is 5.58 Å². The molecule has 0 saturated heterocycles. The number of hydrogen-bond donors (Lipinski definition) is 1. The van der Waals surface area contributed by atoms with Crippen LogP contribution in [-0.2, 0) is 6.54 Å². The monoisotopic (exact) mass is 198 g/mol.